The molecule has 0 aliphatic carbocycles. The van der Waals surface area contributed by atoms with Crippen molar-refractivity contribution in [2.75, 3.05) is 13.7 Å². The van der Waals surface area contributed by atoms with E-state index >= 15 is 0 Å². The van der Waals surface area contributed by atoms with Crippen LogP contribution in [0.15, 0.2) is 78.2 Å². The Bertz CT molecular complexity index is 1220. The number of carbonyl (C=O) groups is 1. The molecule has 0 aliphatic heterocycles. The number of methoxy groups -OCH3 is 1. The third-order valence-electron chi connectivity index (χ3n) is 5.61. The first-order chi connectivity index (χ1) is 19.0. The lowest BCUT2D eigenvalue weighted by Gasteiger charge is -2.12. The molecule has 2 rings (SSSR count). The van der Waals surface area contributed by atoms with E-state index in [9.17, 15) is 13.6 Å². The van der Waals surface area contributed by atoms with Crippen LogP contribution < -0.4 is 5.32 Å². The van der Waals surface area contributed by atoms with Gasteiger partial charge in [-0.15, -0.1) is 0 Å². The molecule has 2 aromatic rings. The minimum atomic E-state index is -3.00. The Morgan fingerprint density at radius 1 is 1.23 bits per heavy atom. The first-order valence-electron chi connectivity index (χ1n) is 13.2. The second kappa shape index (κ2) is 16.8. The number of ether oxygens (including phenoxy) is 2. The molecule has 218 valence electrons. The van der Waals surface area contributed by atoms with Gasteiger partial charge in [-0.1, -0.05) is 64.3 Å². The van der Waals surface area contributed by atoms with Crippen LogP contribution in [0.3, 0.4) is 0 Å². The van der Waals surface area contributed by atoms with Crippen LogP contribution >= 0.6 is 0 Å². The van der Waals surface area contributed by atoms with Crippen LogP contribution in [0, 0.1) is 0 Å². The van der Waals surface area contributed by atoms with Crippen LogP contribution in [-0.2, 0) is 34.3 Å². The highest BCUT2D eigenvalue weighted by molar-refractivity contribution is 5.98. The van der Waals surface area contributed by atoms with E-state index in [2.05, 4.69) is 28.6 Å². The first-order valence-corrected chi connectivity index (χ1v) is 13.2. The summed E-state index contributed by atoms with van der Waals surface area (Å²) in [6.07, 6.45) is 6.67. The Morgan fingerprint density at radius 2 is 1.88 bits per heavy atom. The molecule has 0 spiro atoms. The average Bonchev–Trinajstić information content (AvgIpc) is 3.30. The van der Waals surface area contributed by atoms with E-state index in [4.69, 9.17) is 9.47 Å². The zero-order valence-corrected chi connectivity index (χ0v) is 24.7. The second-order valence-electron chi connectivity index (χ2n) is 8.70. The summed E-state index contributed by atoms with van der Waals surface area (Å²) in [5.41, 5.74) is 3.21. The summed E-state index contributed by atoms with van der Waals surface area (Å²) in [7, 11) is 3.26. The molecule has 0 atom stereocenters. The summed E-state index contributed by atoms with van der Waals surface area (Å²) in [6.45, 7) is 16.7. The molecular formula is C31H42F2N4O3. The SMILES string of the molecule is C=C/C(=C\C=C(/C)OCc1c(C(=NC(=C)c2ccc(CC(=O)NCCC)cc2)OC)cnn1C)C(C)(F)F.CC. The van der Waals surface area contributed by atoms with Crippen molar-refractivity contribution in [1.82, 2.24) is 15.1 Å². The van der Waals surface area contributed by atoms with Crippen molar-refractivity contribution in [3.63, 3.8) is 0 Å². The highest BCUT2D eigenvalue weighted by atomic mass is 19.3. The third kappa shape index (κ3) is 10.6. The van der Waals surface area contributed by atoms with Crippen molar-refractivity contribution in [3.05, 3.63) is 95.6 Å². The lowest BCUT2D eigenvalue weighted by atomic mass is 10.1. The minimum absolute atomic E-state index is 0.0185. The number of nitrogens with zero attached hydrogens (tertiary/aromatic N) is 3. The molecule has 0 bridgehead atoms. The smallest absolute Gasteiger partial charge is 0.270 e. The highest BCUT2D eigenvalue weighted by Crippen LogP contribution is 2.24. The summed E-state index contributed by atoms with van der Waals surface area (Å²) in [5.74, 6) is -2.28. The topological polar surface area (TPSA) is 77.7 Å². The Morgan fingerprint density at radius 3 is 2.42 bits per heavy atom. The number of alkyl halides is 2. The summed E-state index contributed by atoms with van der Waals surface area (Å²) in [6, 6.07) is 7.45. The molecule has 1 N–H and O–H groups in total. The third-order valence-corrected chi connectivity index (χ3v) is 5.61. The van der Waals surface area contributed by atoms with E-state index in [1.54, 1.807) is 24.9 Å². The number of rotatable bonds is 13. The van der Waals surface area contributed by atoms with Crippen molar-refractivity contribution < 1.29 is 23.0 Å². The number of carbonyl (C=O) groups excluding carboxylic acids is 1. The quantitative estimate of drug-likeness (QED) is 0.128. The number of allylic oxidation sites excluding steroid dienone is 5. The summed E-state index contributed by atoms with van der Waals surface area (Å²) >= 11 is 0. The van der Waals surface area contributed by atoms with Crippen LogP contribution in [0.4, 0.5) is 8.78 Å². The molecule has 1 aromatic carbocycles. The Labute approximate surface area is 237 Å². The van der Waals surface area contributed by atoms with Crippen LogP contribution in [0.2, 0.25) is 0 Å². The van der Waals surface area contributed by atoms with Crippen LogP contribution in [0.25, 0.3) is 5.70 Å². The molecular weight excluding hydrogens is 514 g/mol. The largest absolute Gasteiger partial charge is 0.492 e. The molecule has 0 aliphatic rings. The van der Waals surface area contributed by atoms with Gasteiger partial charge in [0.2, 0.25) is 11.8 Å². The predicted octanol–water partition coefficient (Wildman–Crippen LogP) is 6.77. The molecule has 7 nitrogen and oxygen atoms in total. The summed E-state index contributed by atoms with van der Waals surface area (Å²) in [4.78, 5) is 16.5. The van der Waals surface area contributed by atoms with Gasteiger partial charge in [0.05, 0.1) is 42.4 Å². The van der Waals surface area contributed by atoms with E-state index in [1.807, 2.05) is 45.0 Å². The van der Waals surface area contributed by atoms with Crippen molar-refractivity contribution in [2.24, 2.45) is 12.0 Å². The van der Waals surface area contributed by atoms with Gasteiger partial charge in [0.15, 0.2) is 0 Å². The van der Waals surface area contributed by atoms with Crippen molar-refractivity contribution in [2.45, 2.75) is 60.0 Å². The number of aryl methyl sites for hydroxylation is 1. The highest BCUT2D eigenvalue weighted by Gasteiger charge is 2.24. The monoisotopic (exact) mass is 556 g/mol. The van der Waals surface area contributed by atoms with Crippen molar-refractivity contribution in [3.8, 4) is 0 Å². The number of benzene rings is 1. The lowest BCUT2D eigenvalue weighted by molar-refractivity contribution is -0.120. The fourth-order valence-corrected chi connectivity index (χ4v) is 3.37. The van der Waals surface area contributed by atoms with Gasteiger partial charge in [-0.2, -0.15) is 5.10 Å². The fraction of sp³-hybridized carbons (Fsp3) is 0.387. The van der Waals surface area contributed by atoms with E-state index in [0.29, 0.717) is 41.6 Å². The number of hydrogen-bond donors (Lipinski definition) is 1. The van der Waals surface area contributed by atoms with Gasteiger partial charge in [-0.05, 0) is 36.6 Å². The van der Waals surface area contributed by atoms with Crippen LogP contribution in [-0.4, -0.2) is 41.2 Å². The minimum Gasteiger partial charge on any atom is -0.492 e. The van der Waals surface area contributed by atoms with Crippen molar-refractivity contribution >= 4 is 17.5 Å². The lowest BCUT2D eigenvalue weighted by Crippen LogP contribution is -2.25. The molecule has 0 radical (unpaired) electrons. The van der Waals surface area contributed by atoms with Crippen molar-refractivity contribution in [1.29, 1.82) is 0 Å². The Kier molecular flexibility index (Phi) is 14.3. The number of hydrogen-bond acceptors (Lipinski definition) is 5. The van der Waals surface area contributed by atoms with E-state index in [0.717, 1.165) is 30.5 Å². The fourth-order valence-electron chi connectivity index (χ4n) is 3.37. The van der Waals surface area contributed by atoms with Gasteiger partial charge >= 0.3 is 0 Å². The van der Waals surface area contributed by atoms with E-state index in [-0.39, 0.29) is 18.1 Å². The Balaban J connectivity index is 0.00000391. The van der Waals surface area contributed by atoms with Gasteiger partial charge < -0.3 is 14.8 Å². The Hall–Kier alpha value is -4.01. The molecule has 0 saturated carbocycles. The zero-order chi connectivity index (χ0) is 30.3. The van der Waals surface area contributed by atoms with Gasteiger partial charge in [-0.3, -0.25) is 9.48 Å². The number of nitrogens with one attached hydrogen (secondary N) is 1. The number of amides is 1. The van der Waals surface area contributed by atoms with Gasteiger partial charge in [0.1, 0.15) is 6.61 Å². The maximum atomic E-state index is 13.5. The number of aliphatic imine (C=N–C) groups is 1. The van der Waals surface area contributed by atoms with Gasteiger partial charge in [0, 0.05) is 26.1 Å². The van der Waals surface area contributed by atoms with E-state index in [1.165, 1.54) is 19.3 Å². The standard InChI is InChI=1S/C29H36F2N4O3.C2H6/c1-8-16-32-27(36)17-22-11-13-23(14-12-22)21(4)34-28(37-7)25-18-33-35(6)26(25)19-38-20(3)10-15-24(9-2)29(5,30)31;1-2/h9-15,18H,2,4,8,16-17,19H2,1,3,5-7H3,(H,32,36);1-2H3/b20-10+,24-15+,34-28?;. The van der Waals surface area contributed by atoms with Gasteiger partial charge in [-0.25, -0.2) is 13.8 Å². The molecule has 1 heterocycles. The number of aromatic nitrogens is 2. The average molecular weight is 557 g/mol. The van der Waals surface area contributed by atoms with E-state index < -0.39 is 5.92 Å². The molecule has 9 heteroatoms. The van der Waals surface area contributed by atoms with Crippen LogP contribution in [0.1, 0.15) is 63.4 Å². The molecule has 0 saturated heterocycles. The maximum Gasteiger partial charge on any atom is 0.270 e. The molecule has 40 heavy (non-hydrogen) atoms. The maximum absolute atomic E-state index is 13.5. The molecule has 1 amide bonds. The molecule has 1 aromatic heterocycles. The first kappa shape index (κ1) is 34.0. The zero-order valence-electron chi connectivity index (χ0n) is 24.7. The number of halogens is 2. The van der Waals surface area contributed by atoms with Crippen LogP contribution in [0.5, 0.6) is 0 Å². The van der Waals surface area contributed by atoms with Gasteiger partial charge in [0.25, 0.3) is 5.92 Å². The normalized spacial score (nSPS) is 12.3. The predicted molar refractivity (Wildman–Crippen MR) is 158 cm³/mol. The molecule has 0 unspecified atom stereocenters. The molecule has 0 fully saturated rings. The summed E-state index contributed by atoms with van der Waals surface area (Å²) in [5, 5.41) is 7.15. The second-order valence-corrected chi connectivity index (χ2v) is 8.70. The summed E-state index contributed by atoms with van der Waals surface area (Å²) < 4.78 is 40.0.